The molecule has 1 N–H and O–H groups in total. The average molecular weight is 275 g/mol. The van der Waals surface area contributed by atoms with Crippen molar-refractivity contribution in [2.24, 2.45) is 0 Å². The van der Waals surface area contributed by atoms with Gasteiger partial charge in [-0.05, 0) is 19.1 Å². The van der Waals surface area contributed by atoms with Gasteiger partial charge in [0.1, 0.15) is 4.90 Å². The van der Waals surface area contributed by atoms with E-state index in [0.29, 0.717) is 19.6 Å². The minimum Gasteiger partial charge on any atom is -0.312 e. The first kappa shape index (κ1) is 12.8. The molecule has 2 rings (SSSR count). The molecule has 0 saturated carbocycles. The van der Waals surface area contributed by atoms with Crippen LogP contribution in [0.3, 0.4) is 0 Å². The molecule has 1 aromatic rings. The molecule has 0 amide bonds. The fourth-order valence-corrected chi connectivity index (χ4v) is 3.93. The van der Waals surface area contributed by atoms with Gasteiger partial charge in [0, 0.05) is 25.7 Å². The van der Waals surface area contributed by atoms with Crippen LogP contribution in [0.5, 0.6) is 0 Å². The lowest BCUT2D eigenvalue weighted by Gasteiger charge is -2.31. The zero-order valence-corrected chi connectivity index (χ0v) is 11.1. The van der Waals surface area contributed by atoms with Crippen molar-refractivity contribution in [1.82, 2.24) is 9.62 Å². The van der Waals surface area contributed by atoms with Crippen LogP contribution in [0.1, 0.15) is 6.92 Å². The van der Waals surface area contributed by atoms with Gasteiger partial charge in [-0.1, -0.05) is 23.7 Å². The van der Waals surface area contributed by atoms with E-state index in [1.54, 1.807) is 24.3 Å². The fraction of sp³-hybridized carbons (Fsp3) is 0.455. The van der Waals surface area contributed by atoms with Crippen molar-refractivity contribution in [1.29, 1.82) is 0 Å². The summed E-state index contributed by atoms with van der Waals surface area (Å²) in [4.78, 5) is 0.191. The molecule has 1 aliphatic rings. The van der Waals surface area contributed by atoms with Gasteiger partial charge in [0.15, 0.2) is 0 Å². The Balaban J connectivity index is 2.33. The zero-order chi connectivity index (χ0) is 12.5. The molecule has 1 saturated heterocycles. The molecule has 1 aromatic carbocycles. The lowest BCUT2D eigenvalue weighted by Crippen LogP contribution is -2.51. The van der Waals surface area contributed by atoms with Crippen LogP contribution in [0, 0.1) is 0 Å². The molecule has 4 nitrogen and oxygen atoms in total. The van der Waals surface area contributed by atoms with E-state index in [0.717, 1.165) is 0 Å². The molecular weight excluding hydrogens is 260 g/mol. The summed E-state index contributed by atoms with van der Waals surface area (Å²) in [7, 11) is -3.46. The van der Waals surface area contributed by atoms with Crippen LogP contribution in [0.4, 0.5) is 0 Å². The number of rotatable bonds is 2. The summed E-state index contributed by atoms with van der Waals surface area (Å²) in [5.74, 6) is 0. The Hall–Kier alpha value is -0.620. The Morgan fingerprint density at radius 3 is 2.76 bits per heavy atom. The van der Waals surface area contributed by atoms with Gasteiger partial charge in [0.25, 0.3) is 0 Å². The van der Waals surface area contributed by atoms with Crippen LogP contribution in [0.2, 0.25) is 5.02 Å². The maximum Gasteiger partial charge on any atom is 0.244 e. The first-order valence-corrected chi connectivity index (χ1v) is 7.31. The van der Waals surface area contributed by atoms with Gasteiger partial charge >= 0.3 is 0 Å². The lowest BCUT2D eigenvalue weighted by atomic mass is 10.3. The van der Waals surface area contributed by atoms with Crippen LogP contribution in [-0.4, -0.2) is 38.4 Å². The van der Waals surface area contributed by atoms with E-state index in [9.17, 15) is 8.42 Å². The standard InChI is InChI=1S/C11H15ClN2O2S/c1-9-8-14(7-6-13-9)17(15,16)11-5-3-2-4-10(11)12/h2-5,9,13H,6-8H2,1H3. The molecule has 94 valence electrons. The Morgan fingerprint density at radius 2 is 2.12 bits per heavy atom. The summed E-state index contributed by atoms with van der Waals surface area (Å²) in [5.41, 5.74) is 0. The zero-order valence-electron chi connectivity index (χ0n) is 9.56. The van der Waals surface area contributed by atoms with Crippen molar-refractivity contribution < 1.29 is 8.42 Å². The van der Waals surface area contributed by atoms with Crippen LogP contribution in [0.15, 0.2) is 29.2 Å². The summed E-state index contributed by atoms with van der Waals surface area (Å²) in [6.45, 7) is 3.60. The van der Waals surface area contributed by atoms with E-state index < -0.39 is 10.0 Å². The van der Waals surface area contributed by atoms with E-state index in [1.165, 1.54) is 4.31 Å². The molecule has 1 unspecified atom stereocenters. The highest BCUT2D eigenvalue weighted by atomic mass is 35.5. The van der Waals surface area contributed by atoms with Crippen LogP contribution in [0.25, 0.3) is 0 Å². The SMILES string of the molecule is CC1CN(S(=O)(=O)c2ccccc2Cl)CCN1. The summed E-state index contributed by atoms with van der Waals surface area (Å²) >= 11 is 5.94. The largest absolute Gasteiger partial charge is 0.312 e. The fourth-order valence-electron chi connectivity index (χ4n) is 1.91. The molecule has 0 bridgehead atoms. The molecule has 17 heavy (non-hydrogen) atoms. The molecular formula is C11H15ClN2O2S. The molecule has 1 heterocycles. The second-order valence-electron chi connectivity index (χ2n) is 4.15. The highest BCUT2D eigenvalue weighted by molar-refractivity contribution is 7.89. The van der Waals surface area contributed by atoms with Crippen molar-refractivity contribution in [3.63, 3.8) is 0 Å². The van der Waals surface area contributed by atoms with Crippen LogP contribution < -0.4 is 5.32 Å². The van der Waals surface area contributed by atoms with Gasteiger partial charge in [-0.2, -0.15) is 4.31 Å². The summed E-state index contributed by atoms with van der Waals surface area (Å²) < 4.78 is 26.2. The maximum absolute atomic E-state index is 12.4. The quantitative estimate of drug-likeness (QED) is 0.885. The molecule has 6 heteroatoms. The van der Waals surface area contributed by atoms with E-state index in [4.69, 9.17) is 11.6 Å². The summed E-state index contributed by atoms with van der Waals surface area (Å²) in [6, 6.07) is 6.72. The van der Waals surface area contributed by atoms with Gasteiger partial charge in [0.2, 0.25) is 10.0 Å². The number of nitrogens with one attached hydrogen (secondary N) is 1. The van der Waals surface area contributed by atoms with Crippen molar-refractivity contribution >= 4 is 21.6 Å². The highest BCUT2D eigenvalue weighted by Crippen LogP contribution is 2.24. The van der Waals surface area contributed by atoms with Crippen LogP contribution >= 0.6 is 11.6 Å². The number of piperazine rings is 1. The lowest BCUT2D eigenvalue weighted by molar-refractivity contribution is 0.310. The van der Waals surface area contributed by atoms with Crippen molar-refractivity contribution in [3.8, 4) is 0 Å². The van der Waals surface area contributed by atoms with Crippen molar-refractivity contribution in [3.05, 3.63) is 29.3 Å². The smallest absolute Gasteiger partial charge is 0.244 e. The van der Waals surface area contributed by atoms with Gasteiger partial charge in [0.05, 0.1) is 5.02 Å². The van der Waals surface area contributed by atoms with Crippen LogP contribution in [-0.2, 0) is 10.0 Å². The Morgan fingerprint density at radius 1 is 1.41 bits per heavy atom. The van der Waals surface area contributed by atoms with Gasteiger partial charge in [-0.25, -0.2) is 8.42 Å². The Kier molecular flexibility index (Phi) is 3.73. The molecule has 0 aliphatic carbocycles. The first-order valence-electron chi connectivity index (χ1n) is 5.50. The minimum absolute atomic E-state index is 0.168. The molecule has 1 atom stereocenters. The van der Waals surface area contributed by atoms with E-state index in [1.807, 2.05) is 6.92 Å². The number of hydrogen-bond donors (Lipinski definition) is 1. The number of hydrogen-bond acceptors (Lipinski definition) is 3. The third-order valence-corrected chi connectivity index (χ3v) is 5.15. The predicted molar refractivity (Wildman–Crippen MR) is 67.7 cm³/mol. The minimum atomic E-state index is -3.46. The molecule has 0 spiro atoms. The Bertz CT molecular complexity index is 504. The second-order valence-corrected chi connectivity index (χ2v) is 6.46. The van der Waals surface area contributed by atoms with Gasteiger partial charge < -0.3 is 5.32 Å². The number of sulfonamides is 1. The van der Waals surface area contributed by atoms with Gasteiger partial charge in [-0.15, -0.1) is 0 Å². The molecule has 0 aromatic heterocycles. The highest BCUT2D eigenvalue weighted by Gasteiger charge is 2.29. The number of nitrogens with zero attached hydrogens (tertiary/aromatic N) is 1. The Labute approximate surface area is 107 Å². The van der Waals surface area contributed by atoms with Gasteiger partial charge in [-0.3, -0.25) is 0 Å². The molecule has 1 aliphatic heterocycles. The maximum atomic E-state index is 12.4. The monoisotopic (exact) mass is 274 g/mol. The van der Waals surface area contributed by atoms with E-state index in [2.05, 4.69) is 5.32 Å². The number of halogens is 1. The second kappa shape index (κ2) is 4.94. The normalized spacial score (nSPS) is 22.6. The molecule has 0 radical (unpaired) electrons. The predicted octanol–water partition coefficient (Wildman–Crippen LogP) is 1.32. The third kappa shape index (κ3) is 2.63. The number of benzene rings is 1. The van der Waals surface area contributed by atoms with Crippen molar-refractivity contribution in [2.75, 3.05) is 19.6 Å². The topological polar surface area (TPSA) is 49.4 Å². The summed E-state index contributed by atoms with van der Waals surface area (Å²) in [5, 5.41) is 3.49. The summed E-state index contributed by atoms with van der Waals surface area (Å²) in [6.07, 6.45) is 0. The first-order chi connectivity index (χ1) is 8.01. The van der Waals surface area contributed by atoms with E-state index in [-0.39, 0.29) is 16.0 Å². The third-order valence-electron chi connectivity index (χ3n) is 2.79. The van der Waals surface area contributed by atoms with E-state index >= 15 is 0 Å². The van der Waals surface area contributed by atoms with Crippen molar-refractivity contribution in [2.45, 2.75) is 17.9 Å². The average Bonchev–Trinajstić information content (AvgIpc) is 2.29. The molecule has 1 fully saturated rings.